The Hall–Kier alpha value is -2.07. The van der Waals surface area contributed by atoms with Gasteiger partial charge in [0.15, 0.2) is 0 Å². The number of nitrogens with two attached hydrogens (primary N) is 1. The van der Waals surface area contributed by atoms with Crippen LogP contribution in [0.15, 0.2) is 36.4 Å². The van der Waals surface area contributed by atoms with Crippen molar-refractivity contribution in [1.29, 1.82) is 0 Å². The number of halogens is 2. The van der Waals surface area contributed by atoms with E-state index in [2.05, 4.69) is 4.98 Å². The minimum Gasteiger partial charge on any atom is -0.369 e. The largest absolute Gasteiger partial charge is 0.369 e. The van der Waals surface area contributed by atoms with Crippen LogP contribution in [0.4, 0.5) is 10.3 Å². The number of imidazole rings is 1. The van der Waals surface area contributed by atoms with Crippen molar-refractivity contribution in [3.63, 3.8) is 0 Å². The molecule has 2 N–H and O–H groups in total. The Morgan fingerprint density at radius 3 is 2.68 bits per heavy atom. The molecular weight excluding hydrogens is 265 g/mol. The van der Waals surface area contributed by atoms with E-state index in [0.717, 1.165) is 16.6 Å². The molecule has 0 saturated heterocycles. The number of nitrogens with zero attached hydrogens (tertiary/aromatic N) is 2. The number of hydrogen-bond donors (Lipinski definition) is 1. The Balaban J connectivity index is 2.46. The van der Waals surface area contributed by atoms with Crippen LogP contribution in [0.2, 0.25) is 5.02 Å². The molecule has 3 nitrogen and oxygen atoms in total. The van der Waals surface area contributed by atoms with Crippen LogP contribution in [0, 0.1) is 12.7 Å². The monoisotopic (exact) mass is 275 g/mol. The lowest BCUT2D eigenvalue weighted by Gasteiger charge is -2.11. The van der Waals surface area contributed by atoms with Crippen LogP contribution in [0.25, 0.3) is 16.7 Å². The van der Waals surface area contributed by atoms with Crippen LogP contribution in [0.3, 0.4) is 0 Å². The normalized spacial score (nSPS) is 11.1. The molecule has 0 amide bonds. The molecule has 0 aliphatic heterocycles. The molecule has 0 radical (unpaired) electrons. The van der Waals surface area contributed by atoms with Gasteiger partial charge in [0.2, 0.25) is 5.95 Å². The van der Waals surface area contributed by atoms with E-state index in [4.69, 9.17) is 17.3 Å². The van der Waals surface area contributed by atoms with Crippen molar-refractivity contribution >= 4 is 28.6 Å². The van der Waals surface area contributed by atoms with Gasteiger partial charge in [-0.3, -0.25) is 4.57 Å². The zero-order valence-corrected chi connectivity index (χ0v) is 10.9. The average Bonchev–Trinajstić information content (AvgIpc) is 2.67. The van der Waals surface area contributed by atoms with Gasteiger partial charge in [-0.25, -0.2) is 9.37 Å². The smallest absolute Gasteiger partial charge is 0.206 e. The summed E-state index contributed by atoms with van der Waals surface area (Å²) in [5, 5.41) is 0.300. The van der Waals surface area contributed by atoms with Gasteiger partial charge in [0.05, 0.1) is 16.1 Å². The first-order chi connectivity index (χ1) is 9.09. The molecular formula is C14H11ClFN3. The fourth-order valence-corrected chi connectivity index (χ4v) is 2.49. The maximum absolute atomic E-state index is 14.1. The Morgan fingerprint density at radius 2 is 1.95 bits per heavy atom. The van der Waals surface area contributed by atoms with Crippen LogP contribution in [-0.2, 0) is 0 Å². The number of benzene rings is 2. The van der Waals surface area contributed by atoms with E-state index in [1.165, 1.54) is 6.07 Å². The molecule has 0 aliphatic carbocycles. The summed E-state index contributed by atoms with van der Waals surface area (Å²) in [5.41, 5.74) is 8.60. The molecule has 3 rings (SSSR count). The third-order valence-corrected chi connectivity index (χ3v) is 3.37. The fourth-order valence-electron chi connectivity index (χ4n) is 2.24. The standard InChI is InChI=1S/C14H11ClFN3/c1-8-4-2-7-11-12(8)19(14(17)18-11)13-9(15)5-3-6-10(13)16/h2-7H,1H3,(H2,17,18). The predicted octanol–water partition coefficient (Wildman–Crippen LogP) is 3.71. The van der Waals surface area contributed by atoms with Crippen LogP contribution in [-0.4, -0.2) is 9.55 Å². The summed E-state index contributed by atoms with van der Waals surface area (Å²) >= 11 is 6.10. The van der Waals surface area contributed by atoms with Crippen molar-refractivity contribution in [1.82, 2.24) is 9.55 Å². The van der Waals surface area contributed by atoms with Crippen molar-refractivity contribution < 1.29 is 4.39 Å². The number of rotatable bonds is 1. The van der Waals surface area contributed by atoms with Gasteiger partial charge in [0, 0.05) is 0 Å². The summed E-state index contributed by atoms with van der Waals surface area (Å²) in [5.74, 6) is -0.210. The molecule has 0 atom stereocenters. The maximum atomic E-state index is 14.1. The van der Waals surface area contributed by atoms with Crippen LogP contribution in [0.5, 0.6) is 0 Å². The number of hydrogen-bond acceptors (Lipinski definition) is 2. The highest BCUT2D eigenvalue weighted by atomic mass is 35.5. The molecule has 3 aromatic rings. The Labute approximate surface area is 114 Å². The first kappa shape index (κ1) is 12.0. The zero-order valence-electron chi connectivity index (χ0n) is 10.2. The van der Waals surface area contributed by atoms with E-state index in [1.807, 2.05) is 25.1 Å². The number of para-hydroxylation sites is 2. The molecule has 5 heteroatoms. The van der Waals surface area contributed by atoms with Gasteiger partial charge < -0.3 is 5.73 Å². The second-order valence-corrected chi connectivity index (χ2v) is 4.73. The zero-order chi connectivity index (χ0) is 13.6. The fraction of sp³-hybridized carbons (Fsp3) is 0.0714. The predicted molar refractivity (Wildman–Crippen MR) is 75.2 cm³/mol. The lowest BCUT2D eigenvalue weighted by molar-refractivity contribution is 0.620. The molecule has 0 fully saturated rings. The summed E-state index contributed by atoms with van der Waals surface area (Å²) in [4.78, 5) is 4.25. The molecule has 1 aromatic heterocycles. The van der Waals surface area contributed by atoms with Crippen molar-refractivity contribution in [3.05, 3.63) is 52.8 Å². The number of aryl methyl sites for hydroxylation is 1. The van der Waals surface area contributed by atoms with Crippen LogP contribution in [0.1, 0.15) is 5.56 Å². The summed E-state index contributed by atoms with van der Waals surface area (Å²) in [6, 6.07) is 10.2. The summed E-state index contributed by atoms with van der Waals surface area (Å²) in [6.07, 6.45) is 0. The maximum Gasteiger partial charge on any atom is 0.206 e. The van der Waals surface area contributed by atoms with Crippen molar-refractivity contribution in [2.24, 2.45) is 0 Å². The first-order valence-electron chi connectivity index (χ1n) is 5.77. The first-order valence-corrected chi connectivity index (χ1v) is 6.15. The molecule has 0 spiro atoms. The second-order valence-electron chi connectivity index (χ2n) is 4.32. The quantitative estimate of drug-likeness (QED) is 0.736. The summed E-state index contributed by atoms with van der Waals surface area (Å²) < 4.78 is 15.6. The van der Waals surface area contributed by atoms with Crippen molar-refractivity contribution in [3.8, 4) is 5.69 Å². The van der Waals surface area contributed by atoms with Crippen LogP contribution < -0.4 is 5.73 Å². The van der Waals surface area contributed by atoms with Crippen molar-refractivity contribution in [2.45, 2.75) is 6.92 Å². The van der Waals surface area contributed by atoms with Gasteiger partial charge in [0.1, 0.15) is 11.5 Å². The number of aromatic nitrogens is 2. The lowest BCUT2D eigenvalue weighted by Crippen LogP contribution is -2.04. The second kappa shape index (κ2) is 4.24. The van der Waals surface area contributed by atoms with Gasteiger partial charge >= 0.3 is 0 Å². The Kier molecular flexibility index (Phi) is 2.68. The number of nitrogen functional groups attached to an aromatic ring is 1. The molecule has 0 bridgehead atoms. The molecule has 19 heavy (non-hydrogen) atoms. The number of anilines is 1. The SMILES string of the molecule is Cc1cccc2nc(N)n(-c3c(F)cccc3Cl)c12. The molecule has 1 heterocycles. The Bertz CT molecular complexity index is 759. The van der Waals surface area contributed by atoms with Crippen molar-refractivity contribution in [2.75, 3.05) is 5.73 Å². The van der Waals surface area contributed by atoms with E-state index in [9.17, 15) is 4.39 Å². The van der Waals surface area contributed by atoms with E-state index >= 15 is 0 Å². The van der Waals surface area contributed by atoms with Gasteiger partial charge in [-0.1, -0.05) is 29.8 Å². The van der Waals surface area contributed by atoms with E-state index in [-0.39, 0.29) is 11.6 Å². The Morgan fingerprint density at radius 1 is 1.21 bits per heavy atom. The average molecular weight is 276 g/mol. The topological polar surface area (TPSA) is 43.8 Å². The third-order valence-electron chi connectivity index (χ3n) is 3.07. The molecule has 0 saturated carbocycles. The van der Waals surface area contributed by atoms with Gasteiger partial charge in [-0.15, -0.1) is 0 Å². The van der Waals surface area contributed by atoms with E-state index in [0.29, 0.717) is 5.02 Å². The highest BCUT2D eigenvalue weighted by Gasteiger charge is 2.17. The molecule has 0 unspecified atom stereocenters. The minimum absolute atomic E-state index is 0.219. The third kappa shape index (κ3) is 1.76. The van der Waals surface area contributed by atoms with E-state index < -0.39 is 5.82 Å². The van der Waals surface area contributed by atoms with E-state index in [1.54, 1.807) is 16.7 Å². The van der Waals surface area contributed by atoms with Gasteiger partial charge in [-0.05, 0) is 30.7 Å². The minimum atomic E-state index is -0.429. The lowest BCUT2D eigenvalue weighted by atomic mass is 10.2. The summed E-state index contributed by atoms with van der Waals surface area (Å²) in [6.45, 7) is 1.93. The highest BCUT2D eigenvalue weighted by Crippen LogP contribution is 2.31. The van der Waals surface area contributed by atoms with Crippen LogP contribution >= 0.6 is 11.6 Å². The molecule has 96 valence electrons. The molecule has 0 aliphatic rings. The number of fused-ring (bicyclic) bond motifs is 1. The summed E-state index contributed by atoms with van der Waals surface area (Å²) in [7, 11) is 0. The van der Waals surface area contributed by atoms with Gasteiger partial charge in [0.25, 0.3) is 0 Å². The molecule has 2 aromatic carbocycles. The van der Waals surface area contributed by atoms with Gasteiger partial charge in [-0.2, -0.15) is 0 Å². The highest BCUT2D eigenvalue weighted by molar-refractivity contribution is 6.32.